The molecule has 19 aromatic carbocycles. The molecule has 0 spiro atoms. The van der Waals surface area contributed by atoms with Gasteiger partial charge in [0.25, 0.3) is 0 Å². The van der Waals surface area contributed by atoms with Gasteiger partial charge in [-0.1, -0.05) is 376 Å². The first kappa shape index (κ1) is 80.6. The third kappa shape index (κ3) is 14.4. The normalized spacial score (nSPS) is 11.6. The van der Waals surface area contributed by atoms with Gasteiger partial charge in [-0.05, 0) is 168 Å². The Labute approximate surface area is 795 Å². The molecule has 0 aliphatic rings. The van der Waals surface area contributed by atoms with E-state index >= 15 is 0 Å². The van der Waals surface area contributed by atoms with Gasteiger partial charge in [0, 0.05) is 33.4 Å². The number of aromatic nitrogens is 18. The predicted octanol–water partition coefficient (Wildman–Crippen LogP) is 28.3. The molecule has 0 atom stereocenters. The maximum Gasteiger partial charge on any atom is 0.241 e. The summed E-state index contributed by atoms with van der Waals surface area (Å²) in [4.78, 5) is 60.7. The van der Waals surface area contributed by atoms with E-state index in [4.69, 9.17) is 59.8 Å². The highest BCUT2D eigenvalue weighted by Crippen LogP contribution is 2.42. The van der Waals surface area contributed by atoms with Crippen molar-refractivity contribution in [2.45, 2.75) is 6.92 Å². The molecule has 9 aromatic heterocycles. The minimum Gasteiger partial charge on any atom is -0.276 e. The summed E-state index contributed by atoms with van der Waals surface area (Å²) < 4.78 is 12.9. The molecule has 0 amide bonds. The molecule has 28 rings (SSSR count). The summed E-state index contributed by atoms with van der Waals surface area (Å²) in [5.74, 6) is 7.44. The summed E-state index contributed by atoms with van der Waals surface area (Å²) in [6.45, 7) is 2.09. The highest BCUT2D eigenvalue weighted by atomic mass is 15.3. The van der Waals surface area contributed by atoms with Crippen LogP contribution in [0, 0.1) is 6.92 Å². The van der Waals surface area contributed by atoms with Crippen LogP contribution in [0.4, 0.5) is 0 Å². The van der Waals surface area contributed by atoms with E-state index in [-0.39, 0.29) is 0 Å². The van der Waals surface area contributed by atoms with E-state index in [9.17, 15) is 0 Å². The average Bonchev–Trinajstić information content (AvgIpc) is 1.57. The lowest BCUT2D eigenvalue weighted by atomic mass is 9.92. The first-order valence-electron chi connectivity index (χ1n) is 46.2. The van der Waals surface area contributed by atoms with Crippen molar-refractivity contribution in [1.29, 1.82) is 0 Å². The first-order valence-corrected chi connectivity index (χ1v) is 46.2. The molecular weight excluding hydrogens is 1710 g/mol. The molecule has 9 heterocycles. The van der Waals surface area contributed by atoms with Crippen LogP contribution in [0.5, 0.6) is 0 Å². The monoisotopic (exact) mass is 1780 g/mol. The molecule has 0 unspecified atom stereocenters. The van der Waals surface area contributed by atoms with Gasteiger partial charge in [0.1, 0.15) is 0 Å². The van der Waals surface area contributed by atoms with E-state index < -0.39 is 0 Å². The summed E-state index contributed by atoms with van der Waals surface area (Å²) in [6.07, 6.45) is 0. The third-order valence-corrected chi connectivity index (χ3v) is 26.0. The number of hydrogen-bond acceptors (Lipinski definition) is 12. The fraction of sp³-hybridized carbons (Fsp3) is 0.00826. The van der Waals surface area contributed by atoms with Crippen LogP contribution >= 0.6 is 0 Å². The van der Waals surface area contributed by atoms with Crippen LogP contribution in [0.2, 0.25) is 0 Å². The number of rotatable bonds is 13. The van der Waals surface area contributed by atoms with Crippen LogP contribution in [0.1, 0.15) is 5.56 Å². The van der Waals surface area contributed by atoms with Gasteiger partial charge in [0.15, 0.2) is 34.9 Å². The minimum absolute atomic E-state index is 0.513. The van der Waals surface area contributed by atoms with Crippen molar-refractivity contribution in [1.82, 2.24) is 86.7 Å². The SMILES string of the molecule is Cc1ccc2c(c1)nc1n(-c3nc(-c4ccccc4)nc(-c4ccccc4)n3)c3ccc(-c4ccccc4)cc3n21.c1ccc(-c2ccc3c(c2)nc2n(-c4nc(-c5ccccc5)nc(-c5ccccc5)n4)c4ccc(-c5ccccc5)cc4n32)cc1.c1ccc(-c2nc(-c3ccccc3)nc(-n3c4ccc(-c5ccc6c7ccccc7c7ccccc7c6c5)cc4n4c5ccccc5nc34)n2)cc1. The van der Waals surface area contributed by atoms with Crippen LogP contribution < -0.4 is 0 Å². The summed E-state index contributed by atoms with van der Waals surface area (Å²) in [5, 5.41) is 7.57. The Hall–Kier alpha value is -19.2. The molecule has 18 heteroatoms. The van der Waals surface area contributed by atoms with Crippen molar-refractivity contribution in [3.8, 4) is 131 Å². The van der Waals surface area contributed by atoms with Crippen molar-refractivity contribution in [2.75, 3.05) is 0 Å². The van der Waals surface area contributed by atoms with Gasteiger partial charge < -0.3 is 0 Å². The van der Waals surface area contributed by atoms with E-state index in [0.29, 0.717) is 52.8 Å². The quantitative estimate of drug-likeness (QED) is 0.0997. The molecule has 0 saturated carbocycles. The van der Waals surface area contributed by atoms with Crippen LogP contribution in [-0.4, -0.2) is 86.7 Å². The third-order valence-electron chi connectivity index (χ3n) is 26.0. The summed E-state index contributed by atoms with van der Waals surface area (Å²) in [5.41, 5.74) is 27.6. The second-order valence-electron chi connectivity index (χ2n) is 34.5. The molecule has 0 saturated heterocycles. The maximum absolute atomic E-state index is 5.25. The fourth-order valence-corrected chi connectivity index (χ4v) is 19.4. The summed E-state index contributed by atoms with van der Waals surface area (Å²) in [7, 11) is 0. The predicted molar refractivity (Wildman–Crippen MR) is 560 cm³/mol. The average molecular weight is 1780 g/mol. The zero-order valence-corrected chi connectivity index (χ0v) is 74.9. The van der Waals surface area contributed by atoms with E-state index in [1.165, 1.54) is 32.3 Å². The van der Waals surface area contributed by atoms with Gasteiger partial charge in [-0.25, -0.2) is 43.6 Å². The van der Waals surface area contributed by atoms with Gasteiger partial charge in [0.05, 0.1) is 66.2 Å². The largest absolute Gasteiger partial charge is 0.276 e. The van der Waals surface area contributed by atoms with Crippen LogP contribution in [-0.2, 0) is 0 Å². The Morgan fingerprint density at radius 3 is 0.727 bits per heavy atom. The molecule has 0 radical (unpaired) electrons. The van der Waals surface area contributed by atoms with Crippen molar-refractivity contribution in [3.63, 3.8) is 0 Å². The van der Waals surface area contributed by atoms with Crippen LogP contribution in [0.3, 0.4) is 0 Å². The zero-order valence-electron chi connectivity index (χ0n) is 74.9. The molecule has 0 bridgehead atoms. The lowest BCUT2D eigenvalue weighted by Gasteiger charge is -2.12. The van der Waals surface area contributed by atoms with Crippen LogP contribution in [0.25, 0.3) is 247 Å². The highest BCUT2D eigenvalue weighted by molar-refractivity contribution is 6.26. The molecule has 139 heavy (non-hydrogen) atoms. The van der Waals surface area contributed by atoms with Crippen molar-refractivity contribution < 1.29 is 0 Å². The number of para-hydroxylation sites is 2. The van der Waals surface area contributed by atoms with E-state index in [0.717, 1.165) is 167 Å². The van der Waals surface area contributed by atoms with Crippen molar-refractivity contribution >= 4 is 116 Å². The number of nitrogens with zero attached hydrogens (tertiary/aromatic N) is 18. The zero-order chi connectivity index (χ0) is 92.0. The molecule has 0 fully saturated rings. The second kappa shape index (κ2) is 33.8. The number of aryl methyl sites for hydroxylation is 1. The van der Waals surface area contributed by atoms with E-state index in [2.05, 4.69) is 283 Å². The maximum atomic E-state index is 5.25. The molecule has 18 nitrogen and oxygen atoms in total. The minimum atomic E-state index is 0.513. The van der Waals surface area contributed by atoms with E-state index in [1.54, 1.807) is 0 Å². The molecule has 28 aromatic rings. The molecule has 0 N–H and O–H groups in total. The Morgan fingerprint density at radius 2 is 0.381 bits per heavy atom. The van der Waals surface area contributed by atoms with Gasteiger partial charge in [-0.2, -0.15) is 29.9 Å². The molecule has 0 aliphatic carbocycles. The van der Waals surface area contributed by atoms with Gasteiger partial charge in [-0.15, -0.1) is 0 Å². The van der Waals surface area contributed by atoms with Crippen LogP contribution in [0.15, 0.2) is 455 Å². The number of fused-ring (bicyclic) bond motifs is 21. The van der Waals surface area contributed by atoms with Crippen molar-refractivity contribution in [3.05, 3.63) is 461 Å². The standard InChI is InChI=1S/C46H28N6.C40H26N6.C35H24N6/c1-3-13-29(14-4-1)43-48-44(30-15-5-2-6-16-30)50-45(49-43)52-41-26-24-32(28-42(41)51-40-22-12-11-21-39(40)47-46(51)52)31-23-25-37-35-19-8-7-17-33(35)34-18-9-10-20-36(34)38(37)27-31;1-5-13-27(14-6-1)31-21-23-34-33(25-31)41-40-45(34)36-26-32(28-15-7-2-8-16-28)22-24-35(36)46(40)39-43-37(29-17-9-3-10-18-29)42-38(44-39)30-19-11-4-12-20-30;1-23-17-19-29-28(21-23)36-35-40(29)31-22-27(24-11-5-2-6-12-24)18-20-30(31)41(35)34-38-32(25-13-7-3-8-14-25)37-33(39-34)26-15-9-4-10-16-26/h1-28H;1-26H;2-22H,1H3. The Kier molecular flexibility index (Phi) is 19.6. The van der Waals surface area contributed by atoms with Gasteiger partial charge in [0.2, 0.25) is 35.2 Å². The van der Waals surface area contributed by atoms with E-state index in [1.807, 2.05) is 206 Å². The van der Waals surface area contributed by atoms with Crippen molar-refractivity contribution in [2.24, 2.45) is 0 Å². The lowest BCUT2D eigenvalue weighted by molar-refractivity contribution is 0.937. The Bertz CT molecular complexity index is 9420. The highest BCUT2D eigenvalue weighted by Gasteiger charge is 2.28. The number of hydrogen-bond donors (Lipinski definition) is 0. The molecule has 652 valence electrons. The summed E-state index contributed by atoms with van der Waals surface area (Å²) >= 11 is 0. The molecule has 0 aliphatic heterocycles. The summed E-state index contributed by atoms with van der Waals surface area (Å²) in [6, 6.07) is 157. The smallest absolute Gasteiger partial charge is 0.241 e. The number of imidazole rings is 6. The second-order valence-corrected chi connectivity index (χ2v) is 34.5. The number of benzene rings is 19. The Morgan fingerprint density at radius 1 is 0.144 bits per heavy atom. The van der Waals surface area contributed by atoms with Gasteiger partial charge >= 0.3 is 0 Å². The Balaban J connectivity index is 0.000000108. The fourth-order valence-electron chi connectivity index (χ4n) is 19.4. The van der Waals surface area contributed by atoms with Gasteiger partial charge in [-0.3, -0.25) is 13.2 Å². The first-order chi connectivity index (χ1) is 68.8. The topological polar surface area (TPSA) is 183 Å². The lowest BCUT2D eigenvalue weighted by Crippen LogP contribution is -2.07. The molecular formula is C121H78N18.